The number of hydrogen-bond donors (Lipinski definition) is 4. The second-order valence-electron chi connectivity index (χ2n) is 15.5. The number of quaternary nitrogens is 1. The van der Waals surface area contributed by atoms with E-state index < -0.39 is 18.2 Å². The summed E-state index contributed by atoms with van der Waals surface area (Å²) in [6, 6.07) is 0. The lowest BCUT2D eigenvalue weighted by Crippen LogP contribution is -2.79. The monoisotopic (exact) mass is 891 g/mol. The fourth-order valence-electron chi connectivity index (χ4n) is 5.36. The molecule has 0 saturated carbocycles. The van der Waals surface area contributed by atoms with E-state index in [0.29, 0.717) is 39.0 Å². The van der Waals surface area contributed by atoms with Crippen LogP contribution in [-0.4, -0.2) is 124 Å². The SMILES string of the molecule is CCCCCCCC(=O)OCCCCCC(=O)[O-].CCCCCCCC(O)OCCCCCC(=O)N(C)CCC.CCCN(C)C(=O)C=CC(=O)O.CCCNC.CCC[NH2+]C. The summed E-state index contributed by atoms with van der Waals surface area (Å²) in [5.41, 5.74) is 0. The number of carbonyl (C=O) groups is 5. The highest BCUT2D eigenvalue weighted by Gasteiger charge is 2.08. The van der Waals surface area contributed by atoms with E-state index in [9.17, 15) is 34.2 Å². The Balaban J connectivity index is -0.000000242. The Hall–Kier alpha value is -3.07. The van der Waals surface area contributed by atoms with Crippen LogP contribution in [0.5, 0.6) is 0 Å². The number of hydrogen-bond acceptors (Lipinski definition) is 10. The summed E-state index contributed by atoms with van der Waals surface area (Å²) in [4.78, 5) is 57.5. The van der Waals surface area contributed by atoms with Gasteiger partial charge in [-0.3, -0.25) is 14.4 Å². The molecule has 0 radical (unpaired) electrons. The van der Waals surface area contributed by atoms with E-state index in [4.69, 9.17) is 14.6 Å². The minimum absolute atomic E-state index is 0.0887. The number of carboxylic acid groups (broad SMARTS) is 2. The predicted octanol–water partition coefficient (Wildman–Crippen LogP) is 7.01. The Morgan fingerprint density at radius 1 is 0.645 bits per heavy atom. The van der Waals surface area contributed by atoms with Gasteiger partial charge in [0.25, 0.3) is 0 Å². The Morgan fingerprint density at radius 2 is 1.16 bits per heavy atom. The van der Waals surface area contributed by atoms with Gasteiger partial charge in [-0.25, -0.2) is 4.79 Å². The van der Waals surface area contributed by atoms with E-state index in [-0.39, 0.29) is 24.2 Å². The number of esters is 1. The normalized spacial score (nSPS) is 10.7. The highest BCUT2D eigenvalue weighted by Crippen LogP contribution is 2.10. The number of nitrogens with zero attached hydrogens (tertiary/aromatic N) is 2. The molecule has 0 aromatic heterocycles. The van der Waals surface area contributed by atoms with Crippen LogP contribution < -0.4 is 15.7 Å². The first-order valence-corrected chi connectivity index (χ1v) is 24.2. The molecule has 0 heterocycles. The number of aliphatic carboxylic acids is 2. The molecular weight excluding hydrogens is 793 g/mol. The Kier molecular flexibility index (Phi) is 63.5. The van der Waals surface area contributed by atoms with Crippen molar-refractivity contribution in [1.29, 1.82) is 0 Å². The molecule has 0 aliphatic carbocycles. The van der Waals surface area contributed by atoms with E-state index in [1.807, 2.05) is 21.0 Å². The van der Waals surface area contributed by atoms with Crippen molar-refractivity contribution in [2.45, 2.75) is 202 Å². The summed E-state index contributed by atoms with van der Waals surface area (Å²) in [6.07, 6.45) is 24.1. The van der Waals surface area contributed by atoms with Crippen LogP contribution in [-0.2, 0) is 33.4 Å². The summed E-state index contributed by atoms with van der Waals surface area (Å²) in [5.74, 6) is -2.30. The maximum Gasteiger partial charge on any atom is 0.328 e. The molecule has 1 unspecified atom stereocenters. The van der Waals surface area contributed by atoms with Crippen LogP contribution in [0.1, 0.15) is 196 Å². The van der Waals surface area contributed by atoms with Gasteiger partial charge in [-0.05, 0) is 97.1 Å². The molecular formula is C48H98N4O10. The van der Waals surface area contributed by atoms with Crippen LogP contribution in [0.25, 0.3) is 0 Å². The molecule has 1 atom stereocenters. The number of nitrogens with one attached hydrogen (secondary N) is 1. The summed E-state index contributed by atoms with van der Waals surface area (Å²) in [7, 11) is 7.55. The number of aliphatic hydroxyl groups is 1. The molecule has 0 saturated heterocycles. The molecule has 0 aromatic rings. The second kappa shape index (κ2) is 57.9. The molecule has 62 heavy (non-hydrogen) atoms. The Morgan fingerprint density at radius 3 is 1.63 bits per heavy atom. The van der Waals surface area contributed by atoms with Gasteiger partial charge >= 0.3 is 11.9 Å². The fourth-order valence-corrected chi connectivity index (χ4v) is 5.36. The number of carbonyl (C=O) groups excluding carboxylic acids is 4. The van der Waals surface area contributed by atoms with E-state index >= 15 is 0 Å². The van der Waals surface area contributed by atoms with Gasteiger partial charge in [0, 0.05) is 64.8 Å². The first-order chi connectivity index (χ1) is 29.7. The number of ether oxygens (including phenoxy) is 2. The van der Waals surface area contributed by atoms with Crippen molar-refractivity contribution in [1.82, 2.24) is 15.1 Å². The van der Waals surface area contributed by atoms with E-state index in [0.717, 1.165) is 95.9 Å². The standard InChI is InChI=1S/C18H37NO3.C14H26O4.C8H13NO3.2C4H11N/c1-4-6-7-8-11-14-18(21)22-16-12-9-10-13-17(20)19(3)15-5-2;1-2-3-4-5-8-11-14(17)18-12-9-6-7-10-13(15)16;1-3-6-9(2)7(10)4-5-8(11)12;2*1-3-4-5-2/h18,21H,4-16H2,1-3H3;2-12H2,1H3,(H,15,16);4-5H,3,6H2,1-2H3,(H,11,12);2*5H,3-4H2,1-2H3. The molecule has 14 heteroatoms. The fraction of sp³-hybridized carbons (Fsp3) is 0.854. The number of carboxylic acids is 2. The van der Waals surface area contributed by atoms with Gasteiger partial charge in [0.2, 0.25) is 11.8 Å². The van der Waals surface area contributed by atoms with Crippen molar-refractivity contribution in [3.63, 3.8) is 0 Å². The Bertz CT molecular complexity index is 1010. The van der Waals surface area contributed by atoms with Gasteiger partial charge in [0.15, 0.2) is 6.29 Å². The molecule has 0 spiro atoms. The van der Waals surface area contributed by atoms with Crippen LogP contribution in [0.3, 0.4) is 0 Å². The van der Waals surface area contributed by atoms with Crippen LogP contribution in [0, 0.1) is 0 Å². The zero-order chi connectivity index (χ0) is 48.1. The minimum atomic E-state index is -1.10. The first kappa shape index (κ1) is 68.0. The highest BCUT2D eigenvalue weighted by molar-refractivity contribution is 5.93. The predicted molar refractivity (Wildman–Crippen MR) is 251 cm³/mol. The lowest BCUT2D eigenvalue weighted by Gasteiger charge is -2.16. The lowest BCUT2D eigenvalue weighted by atomic mass is 10.1. The molecule has 14 nitrogen and oxygen atoms in total. The van der Waals surface area contributed by atoms with Crippen molar-refractivity contribution < 1.29 is 54.1 Å². The zero-order valence-corrected chi connectivity index (χ0v) is 41.6. The maximum absolute atomic E-state index is 11.7. The van der Waals surface area contributed by atoms with Gasteiger partial charge in [-0.1, -0.05) is 99.3 Å². The second-order valence-corrected chi connectivity index (χ2v) is 15.5. The van der Waals surface area contributed by atoms with Crippen LogP contribution >= 0.6 is 0 Å². The molecule has 2 amide bonds. The van der Waals surface area contributed by atoms with E-state index in [2.05, 4.69) is 52.3 Å². The quantitative estimate of drug-likeness (QED) is 0.0221. The summed E-state index contributed by atoms with van der Waals surface area (Å²) >= 11 is 0. The Labute approximate surface area is 379 Å². The zero-order valence-electron chi connectivity index (χ0n) is 41.6. The summed E-state index contributed by atoms with van der Waals surface area (Å²) < 4.78 is 10.5. The third kappa shape index (κ3) is 66.0. The molecule has 370 valence electrons. The molecule has 0 aliphatic heterocycles. The molecule has 0 fully saturated rings. The number of nitrogens with two attached hydrogens (primary N) is 1. The topological polar surface area (TPSA) is 202 Å². The van der Waals surface area contributed by atoms with Crippen molar-refractivity contribution in [3.8, 4) is 0 Å². The summed E-state index contributed by atoms with van der Waals surface area (Å²) in [6.45, 7) is 17.6. The molecule has 0 aromatic carbocycles. The average molecular weight is 891 g/mol. The maximum atomic E-state index is 11.7. The van der Waals surface area contributed by atoms with Crippen molar-refractivity contribution >= 4 is 29.7 Å². The summed E-state index contributed by atoms with van der Waals surface area (Å²) in [5, 5.41) is 33.3. The lowest BCUT2D eigenvalue weighted by molar-refractivity contribution is -0.626. The number of likely N-dealkylation sites (N-methyl/N-ethyl adjacent to an activating group) is 1. The van der Waals surface area contributed by atoms with Crippen molar-refractivity contribution in [2.24, 2.45) is 0 Å². The van der Waals surface area contributed by atoms with Gasteiger partial charge < -0.3 is 50.0 Å². The third-order valence-electron chi connectivity index (χ3n) is 9.04. The van der Waals surface area contributed by atoms with Crippen molar-refractivity contribution in [3.05, 3.63) is 12.2 Å². The largest absolute Gasteiger partial charge is 0.550 e. The third-order valence-corrected chi connectivity index (χ3v) is 9.04. The van der Waals surface area contributed by atoms with Gasteiger partial charge in [0.1, 0.15) is 0 Å². The minimum Gasteiger partial charge on any atom is -0.550 e. The highest BCUT2D eigenvalue weighted by atomic mass is 16.6. The number of amides is 2. The smallest absolute Gasteiger partial charge is 0.328 e. The van der Waals surface area contributed by atoms with Crippen LogP contribution in [0.15, 0.2) is 12.2 Å². The first-order valence-electron chi connectivity index (χ1n) is 24.2. The van der Waals surface area contributed by atoms with E-state index in [1.165, 1.54) is 69.2 Å². The number of rotatable bonds is 35. The molecule has 5 N–H and O–H groups in total. The average Bonchev–Trinajstić information content (AvgIpc) is 3.23. The van der Waals surface area contributed by atoms with Gasteiger partial charge in [-0.2, -0.15) is 0 Å². The van der Waals surface area contributed by atoms with Gasteiger partial charge in [0.05, 0.1) is 20.2 Å². The van der Waals surface area contributed by atoms with Crippen LogP contribution in [0.4, 0.5) is 0 Å². The van der Waals surface area contributed by atoms with E-state index in [1.54, 1.807) is 11.9 Å². The molecule has 0 rings (SSSR count). The van der Waals surface area contributed by atoms with Crippen molar-refractivity contribution in [2.75, 3.05) is 67.6 Å². The van der Waals surface area contributed by atoms with Gasteiger partial charge in [-0.15, -0.1) is 0 Å². The molecule has 0 bridgehead atoms. The number of aliphatic hydroxyl groups excluding tert-OH is 1. The number of unbranched alkanes of at least 4 members (excludes halogenated alkanes) is 12. The molecule has 0 aliphatic rings. The van der Waals surface area contributed by atoms with Crippen LogP contribution in [0.2, 0.25) is 0 Å².